The molecule has 0 aromatic rings. The van der Waals surface area contributed by atoms with Gasteiger partial charge in [-0.2, -0.15) is 0 Å². The molecule has 0 aromatic carbocycles. The van der Waals surface area contributed by atoms with Gasteiger partial charge in [0.1, 0.15) is 0 Å². The minimum Gasteiger partial charge on any atom is -0.358 e. The fourth-order valence-electron chi connectivity index (χ4n) is 0. The zero-order chi connectivity index (χ0) is 2.71. The number of hydrogen-bond acceptors (Lipinski definition) is 0. The van der Waals surface area contributed by atoms with Crippen molar-refractivity contribution in [2.24, 2.45) is 0 Å². The summed E-state index contributed by atoms with van der Waals surface area (Å²) in [5, 5.41) is 0. The van der Waals surface area contributed by atoms with E-state index in [4.69, 9.17) is 0 Å². The maximum Gasteiger partial charge on any atom is 2.00 e. The summed E-state index contributed by atoms with van der Waals surface area (Å²) in [5.74, 6) is 0. The first-order valence-electron chi connectivity index (χ1n) is 0.816. The van der Waals surface area contributed by atoms with Gasteiger partial charge < -0.3 is 7.43 Å². The quantitative estimate of drug-likeness (QED) is 0.463. The Morgan fingerprint density at radius 1 is 1.50 bits per heavy atom. The SMILES string of the molecule is C=C[CH2-].[CH3-].[U+2].[W]. The van der Waals surface area contributed by atoms with Crippen LogP contribution < -0.4 is 0 Å². The Morgan fingerprint density at radius 2 is 1.50 bits per heavy atom. The van der Waals surface area contributed by atoms with Gasteiger partial charge in [-0.25, -0.2) is 19.6 Å². The topological polar surface area (TPSA) is 0 Å². The minimum absolute atomic E-state index is 0. The van der Waals surface area contributed by atoms with Gasteiger partial charge in [-0.3, -0.25) is 0 Å². The molecule has 0 aliphatic rings. The third kappa shape index (κ3) is 55.5. The summed E-state index contributed by atoms with van der Waals surface area (Å²) < 4.78 is 0. The van der Waals surface area contributed by atoms with E-state index in [1.165, 1.54) is 6.08 Å². The molecule has 0 aliphatic carbocycles. The predicted molar refractivity (Wildman–Crippen MR) is 22.0 cm³/mol. The third-order valence-electron chi connectivity index (χ3n) is 0. The standard InChI is InChI=1S/C3H5.CH3.U.W/c1-3-2;;;/h3H,1-2H2;1H3;;/q2*-1;+2;. The molecular formula is C4H8UW. The molecule has 0 unspecified atom stereocenters. The summed E-state index contributed by atoms with van der Waals surface area (Å²) in [6.45, 7) is 6.50. The van der Waals surface area contributed by atoms with Crippen molar-refractivity contribution in [3.63, 3.8) is 0 Å². The van der Waals surface area contributed by atoms with Crippen molar-refractivity contribution in [1.82, 2.24) is 0 Å². The molecule has 0 saturated heterocycles. The molecular weight excluding hydrogens is 470 g/mol. The summed E-state index contributed by atoms with van der Waals surface area (Å²) in [6, 6.07) is 0. The van der Waals surface area contributed by atoms with E-state index in [2.05, 4.69) is 13.5 Å². The molecule has 0 saturated carbocycles. The summed E-state index contributed by atoms with van der Waals surface area (Å²) in [7, 11) is 0. The summed E-state index contributed by atoms with van der Waals surface area (Å²) in [6.07, 6.45) is 1.50. The molecule has 0 heterocycles. The molecule has 0 bridgehead atoms. The van der Waals surface area contributed by atoms with E-state index >= 15 is 0 Å². The van der Waals surface area contributed by atoms with Gasteiger partial charge >= 0.3 is 31.1 Å². The van der Waals surface area contributed by atoms with Gasteiger partial charge in [0.2, 0.25) is 0 Å². The van der Waals surface area contributed by atoms with E-state index in [9.17, 15) is 0 Å². The van der Waals surface area contributed by atoms with E-state index in [1.54, 1.807) is 0 Å². The summed E-state index contributed by atoms with van der Waals surface area (Å²) >= 11 is 0. The zero-order valence-electron chi connectivity index (χ0n) is 3.90. The molecule has 6 heavy (non-hydrogen) atoms. The Hall–Kier alpha value is 1.35. The van der Waals surface area contributed by atoms with Gasteiger partial charge in [-0.1, -0.05) is 0 Å². The molecule has 0 aliphatic heterocycles. The van der Waals surface area contributed by atoms with Crippen LogP contribution in [-0.2, 0) is 21.1 Å². The Balaban J connectivity index is -0.00000000667. The minimum atomic E-state index is 0. The third-order valence-corrected chi connectivity index (χ3v) is 0. The first-order chi connectivity index (χ1) is 1.41. The molecule has 2 heteroatoms. The van der Waals surface area contributed by atoms with E-state index in [-0.39, 0.29) is 59.6 Å². The van der Waals surface area contributed by atoms with Crippen molar-refractivity contribution in [1.29, 1.82) is 0 Å². The largest absolute Gasteiger partial charge is 2.00 e. The molecule has 0 N–H and O–H groups in total. The van der Waals surface area contributed by atoms with Gasteiger partial charge in [-0.15, -0.1) is 0 Å². The van der Waals surface area contributed by atoms with Crippen molar-refractivity contribution in [3.8, 4) is 0 Å². The van der Waals surface area contributed by atoms with Crippen molar-refractivity contribution < 1.29 is 52.2 Å². The average Bonchev–Trinajstić information content (AvgIpc) is 0.918. The Bertz CT molecular complexity index is 15.0. The van der Waals surface area contributed by atoms with Crippen LogP contribution in [-0.4, -0.2) is 0 Å². The smallest absolute Gasteiger partial charge is 0.358 e. The number of allylic oxidation sites excluding steroid dienone is 1. The summed E-state index contributed by atoms with van der Waals surface area (Å²) in [4.78, 5) is 0. The maximum absolute atomic E-state index is 3.25. The van der Waals surface area contributed by atoms with E-state index in [0.717, 1.165) is 0 Å². The Morgan fingerprint density at radius 3 is 1.50 bits per heavy atom. The predicted octanol–water partition coefficient (Wildman–Crippen LogP) is 1.45. The number of rotatable bonds is 0. The van der Waals surface area contributed by atoms with Gasteiger partial charge in [0.05, 0.1) is 0 Å². The fraction of sp³-hybridized carbons (Fsp3) is 0. The van der Waals surface area contributed by atoms with Crippen LogP contribution in [0.25, 0.3) is 0 Å². The molecule has 0 aromatic heterocycles. The van der Waals surface area contributed by atoms with Gasteiger partial charge in [0.15, 0.2) is 0 Å². The molecule has 0 spiro atoms. The van der Waals surface area contributed by atoms with Gasteiger partial charge in [0.25, 0.3) is 0 Å². The van der Waals surface area contributed by atoms with Crippen LogP contribution in [0.15, 0.2) is 12.7 Å². The van der Waals surface area contributed by atoms with Crippen LogP contribution in [0.2, 0.25) is 0 Å². The van der Waals surface area contributed by atoms with E-state index in [1.807, 2.05) is 0 Å². The van der Waals surface area contributed by atoms with Crippen molar-refractivity contribution in [2.45, 2.75) is 0 Å². The van der Waals surface area contributed by atoms with Crippen LogP contribution in [0, 0.1) is 45.5 Å². The Kier molecular flexibility index (Phi) is 145. The second-order valence-electron chi connectivity index (χ2n) is 0.289. The fourth-order valence-corrected chi connectivity index (χ4v) is 0. The van der Waals surface area contributed by atoms with Crippen molar-refractivity contribution in [2.75, 3.05) is 0 Å². The van der Waals surface area contributed by atoms with Gasteiger partial charge in [0, 0.05) is 21.1 Å². The molecule has 0 rings (SSSR count). The van der Waals surface area contributed by atoms with Crippen LogP contribution in [0.3, 0.4) is 0 Å². The second kappa shape index (κ2) is 32.9. The first-order valence-corrected chi connectivity index (χ1v) is 0.816. The van der Waals surface area contributed by atoms with E-state index < -0.39 is 0 Å². The maximum atomic E-state index is 3.25. The molecule has 0 amide bonds. The van der Waals surface area contributed by atoms with Crippen LogP contribution in [0.1, 0.15) is 0 Å². The van der Waals surface area contributed by atoms with Crippen molar-refractivity contribution >= 4 is 0 Å². The summed E-state index contributed by atoms with van der Waals surface area (Å²) in [5.41, 5.74) is 0. The van der Waals surface area contributed by atoms with Crippen LogP contribution >= 0.6 is 0 Å². The van der Waals surface area contributed by atoms with Crippen molar-refractivity contribution in [3.05, 3.63) is 27.0 Å². The second-order valence-corrected chi connectivity index (χ2v) is 0.289. The first kappa shape index (κ1) is 26.4. The van der Waals surface area contributed by atoms with Crippen LogP contribution in [0.5, 0.6) is 0 Å². The average molecular weight is 478 g/mol. The molecule has 34 valence electrons. The molecule has 0 atom stereocenters. The molecule has 0 fully saturated rings. The normalized spacial score (nSPS) is 2.00. The van der Waals surface area contributed by atoms with Crippen LogP contribution in [0.4, 0.5) is 0 Å². The van der Waals surface area contributed by atoms with Gasteiger partial charge in [-0.05, 0) is 0 Å². The number of hydrogen-bond donors (Lipinski definition) is 0. The zero-order valence-corrected chi connectivity index (χ0v) is 11.0. The molecule has 0 nitrogen and oxygen atoms in total. The Labute approximate surface area is 78.4 Å². The monoisotopic (exact) mass is 478 g/mol. The molecule has 0 radical (unpaired) electrons. The van der Waals surface area contributed by atoms with E-state index in [0.29, 0.717) is 0 Å².